The van der Waals surface area contributed by atoms with Crippen LogP contribution >= 0.6 is 11.3 Å². The van der Waals surface area contributed by atoms with E-state index in [0.717, 1.165) is 5.56 Å². The van der Waals surface area contributed by atoms with Crippen LogP contribution in [0.15, 0.2) is 46.0 Å². The van der Waals surface area contributed by atoms with Crippen molar-refractivity contribution in [2.45, 2.75) is 22.9 Å². The molecule has 2 unspecified atom stereocenters. The summed E-state index contributed by atoms with van der Waals surface area (Å²) in [4.78, 5) is 12.1. The Kier molecular flexibility index (Phi) is 5.05. The standard InChI is InChI=1S/C14H16N2O2S2/c1-10(20(18)13-3-2-8-19-13)14(17)16-12-6-4-11(9-15)5-7-12/h2-8,10H,9,15H2,1H3,(H,16,17). The summed E-state index contributed by atoms with van der Waals surface area (Å²) in [5.41, 5.74) is 7.20. The molecule has 0 radical (unpaired) electrons. The highest BCUT2D eigenvalue weighted by Gasteiger charge is 2.22. The van der Waals surface area contributed by atoms with Crippen LogP contribution in [0.2, 0.25) is 0 Å². The summed E-state index contributed by atoms with van der Waals surface area (Å²) in [7, 11) is -1.32. The number of carbonyl (C=O) groups excluding carboxylic acids is 1. The van der Waals surface area contributed by atoms with Crippen molar-refractivity contribution in [1.29, 1.82) is 0 Å². The molecule has 0 saturated carbocycles. The van der Waals surface area contributed by atoms with Crippen LogP contribution in [0, 0.1) is 0 Å². The Hall–Kier alpha value is -1.50. The van der Waals surface area contributed by atoms with Gasteiger partial charge in [0.25, 0.3) is 0 Å². The second-order valence-electron chi connectivity index (χ2n) is 4.26. The number of benzene rings is 1. The number of nitrogens with two attached hydrogens (primary N) is 1. The van der Waals surface area contributed by atoms with Gasteiger partial charge < -0.3 is 11.1 Å². The van der Waals surface area contributed by atoms with Crippen molar-refractivity contribution < 1.29 is 9.00 Å². The molecule has 3 N–H and O–H groups in total. The highest BCUT2D eigenvalue weighted by atomic mass is 32.2. The van der Waals surface area contributed by atoms with E-state index < -0.39 is 16.0 Å². The highest BCUT2D eigenvalue weighted by Crippen LogP contribution is 2.18. The predicted octanol–water partition coefficient (Wildman–Crippen LogP) is 2.34. The summed E-state index contributed by atoms with van der Waals surface area (Å²) in [5, 5.41) is 4.02. The maximum Gasteiger partial charge on any atom is 0.240 e. The molecule has 1 aromatic heterocycles. The van der Waals surface area contributed by atoms with Gasteiger partial charge in [0.2, 0.25) is 5.91 Å². The van der Waals surface area contributed by atoms with Crippen LogP contribution in [0.4, 0.5) is 5.69 Å². The number of hydrogen-bond acceptors (Lipinski definition) is 4. The molecule has 1 heterocycles. The summed E-state index contributed by atoms with van der Waals surface area (Å²) in [6.45, 7) is 2.13. The molecule has 0 bridgehead atoms. The smallest absolute Gasteiger partial charge is 0.240 e. The third-order valence-electron chi connectivity index (χ3n) is 2.84. The molecule has 4 nitrogen and oxygen atoms in total. The van der Waals surface area contributed by atoms with Crippen LogP contribution in [0.25, 0.3) is 0 Å². The van der Waals surface area contributed by atoms with Crippen LogP contribution in [0.3, 0.4) is 0 Å². The van der Waals surface area contributed by atoms with Crippen molar-refractivity contribution in [3.05, 3.63) is 47.3 Å². The molecule has 1 amide bonds. The average molecular weight is 308 g/mol. The minimum absolute atomic E-state index is 0.253. The summed E-state index contributed by atoms with van der Waals surface area (Å²) in [6, 6.07) is 10.9. The summed E-state index contributed by atoms with van der Waals surface area (Å²) >= 11 is 1.39. The number of amides is 1. The normalized spacial score (nSPS) is 13.7. The maximum absolute atomic E-state index is 12.2. The quantitative estimate of drug-likeness (QED) is 0.890. The van der Waals surface area contributed by atoms with Gasteiger partial charge in [0.1, 0.15) is 5.25 Å². The van der Waals surface area contributed by atoms with Crippen molar-refractivity contribution in [3.8, 4) is 0 Å². The minimum atomic E-state index is -1.32. The molecule has 1 aromatic carbocycles. The van der Waals surface area contributed by atoms with E-state index >= 15 is 0 Å². The van der Waals surface area contributed by atoms with Crippen LogP contribution < -0.4 is 11.1 Å². The van der Waals surface area contributed by atoms with E-state index in [1.807, 2.05) is 23.6 Å². The topological polar surface area (TPSA) is 72.2 Å². The lowest BCUT2D eigenvalue weighted by Crippen LogP contribution is -2.28. The van der Waals surface area contributed by atoms with Crippen molar-refractivity contribution in [2.24, 2.45) is 5.73 Å². The molecule has 20 heavy (non-hydrogen) atoms. The molecular formula is C14H16N2O2S2. The molecule has 0 saturated heterocycles. The van der Waals surface area contributed by atoms with Gasteiger partial charge in [-0.05, 0) is 36.1 Å². The molecule has 2 aromatic rings. The Labute approximate surface area is 124 Å². The molecule has 0 fully saturated rings. The number of rotatable bonds is 5. The number of hydrogen-bond donors (Lipinski definition) is 2. The highest BCUT2D eigenvalue weighted by molar-refractivity contribution is 7.88. The van der Waals surface area contributed by atoms with Crippen molar-refractivity contribution >= 4 is 33.7 Å². The molecule has 0 aliphatic heterocycles. The zero-order valence-electron chi connectivity index (χ0n) is 11.0. The summed E-state index contributed by atoms with van der Waals surface area (Å²) in [5.74, 6) is -0.253. The average Bonchev–Trinajstić information content (AvgIpc) is 3.00. The van der Waals surface area contributed by atoms with Crippen LogP contribution in [0.5, 0.6) is 0 Å². The van der Waals surface area contributed by atoms with Gasteiger partial charge in [-0.1, -0.05) is 18.2 Å². The summed E-state index contributed by atoms with van der Waals surface area (Å²) in [6.07, 6.45) is 0. The van der Waals surface area contributed by atoms with Gasteiger partial charge in [0.15, 0.2) is 0 Å². The molecule has 0 spiro atoms. The number of anilines is 1. The van der Waals surface area contributed by atoms with E-state index in [1.165, 1.54) is 11.3 Å². The Morgan fingerprint density at radius 3 is 2.60 bits per heavy atom. The number of nitrogens with one attached hydrogen (secondary N) is 1. The largest absolute Gasteiger partial charge is 0.326 e. The number of carbonyl (C=O) groups is 1. The minimum Gasteiger partial charge on any atom is -0.326 e. The second-order valence-corrected chi connectivity index (χ2v) is 7.21. The third kappa shape index (κ3) is 3.53. The van der Waals surface area contributed by atoms with Gasteiger partial charge in [0, 0.05) is 12.2 Å². The maximum atomic E-state index is 12.2. The van der Waals surface area contributed by atoms with Crippen LogP contribution in [-0.2, 0) is 22.1 Å². The fourth-order valence-electron chi connectivity index (χ4n) is 1.62. The van der Waals surface area contributed by atoms with Crippen molar-refractivity contribution in [3.63, 3.8) is 0 Å². The molecule has 0 aliphatic rings. The molecule has 2 atom stereocenters. The van der Waals surface area contributed by atoms with E-state index in [4.69, 9.17) is 5.73 Å². The first-order chi connectivity index (χ1) is 9.61. The van der Waals surface area contributed by atoms with Crippen LogP contribution in [0.1, 0.15) is 12.5 Å². The molecule has 0 aliphatic carbocycles. The fraction of sp³-hybridized carbons (Fsp3) is 0.214. The van der Waals surface area contributed by atoms with Crippen molar-refractivity contribution in [2.75, 3.05) is 5.32 Å². The Balaban J connectivity index is 2.01. The SMILES string of the molecule is CC(C(=O)Nc1ccc(CN)cc1)S(=O)c1cccs1. The van der Waals surface area contributed by atoms with Gasteiger partial charge in [-0.2, -0.15) is 0 Å². The van der Waals surface area contributed by atoms with Gasteiger partial charge >= 0.3 is 0 Å². The predicted molar refractivity (Wildman–Crippen MR) is 83.2 cm³/mol. The molecular weight excluding hydrogens is 292 g/mol. The first kappa shape index (κ1) is 14.9. The fourth-order valence-corrected chi connectivity index (χ4v) is 3.86. The lowest BCUT2D eigenvalue weighted by Gasteiger charge is -2.11. The Bertz CT molecular complexity index is 594. The van der Waals surface area contributed by atoms with E-state index in [1.54, 1.807) is 25.1 Å². The zero-order valence-corrected chi connectivity index (χ0v) is 12.7. The second kappa shape index (κ2) is 6.78. The van der Waals surface area contributed by atoms with Crippen molar-refractivity contribution in [1.82, 2.24) is 0 Å². The Morgan fingerprint density at radius 1 is 1.35 bits per heavy atom. The first-order valence-electron chi connectivity index (χ1n) is 6.15. The molecule has 106 valence electrons. The van der Waals surface area contributed by atoms with Crippen LogP contribution in [-0.4, -0.2) is 15.4 Å². The van der Waals surface area contributed by atoms with E-state index in [-0.39, 0.29) is 5.91 Å². The van der Waals surface area contributed by atoms with E-state index in [0.29, 0.717) is 16.4 Å². The zero-order chi connectivity index (χ0) is 14.5. The van der Waals surface area contributed by atoms with Gasteiger partial charge in [-0.15, -0.1) is 11.3 Å². The Morgan fingerprint density at radius 2 is 2.05 bits per heavy atom. The molecule has 6 heteroatoms. The lowest BCUT2D eigenvalue weighted by atomic mass is 10.2. The van der Waals surface area contributed by atoms with Gasteiger partial charge in [-0.25, -0.2) is 0 Å². The lowest BCUT2D eigenvalue weighted by molar-refractivity contribution is -0.115. The first-order valence-corrected chi connectivity index (χ1v) is 8.25. The number of thiophene rings is 1. The van der Waals surface area contributed by atoms with Gasteiger partial charge in [-0.3, -0.25) is 9.00 Å². The van der Waals surface area contributed by atoms with E-state index in [2.05, 4.69) is 5.32 Å². The summed E-state index contributed by atoms with van der Waals surface area (Å²) < 4.78 is 12.9. The van der Waals surface area contributed by atoms with E-state index in [9.17, 15) is 9.00 Å². The third-order valence-corrected chi connectivity index (χ3v) is 5.67. The van der Waals surface area contributed by atoms with Gasteiger partial charge in [0.05, 0.1) is 15.0 Å². The monoisotopic (exact) mass is 308 g/mol. The molecule has 2 rings (SSSR count).